The Morgan fingerprint density at radius 3 is 2.64 bits per heavy atom. The SMILES string of the molecule is COC(C)(C)C(=O)NC1(C)CCNC1. The monoisotopic (exact) mass is 200 g/mol. The lowest BCUT2D eigenvalue weighted by atomic mass is 9.99. The predicted octanol–water partition coefficient (Wildman–Crippen LogP) is 0.280. The van der Waals surface area contributed by atoms with E-state index in [2.05, 4.69) is 17.6 Å². The molecule has 0 aromatic heterocycles. The summed E-state index contributed by atoms with van der Waals surface area (Å²) in [4.78, 5) is 11.8. The van der Waals surface area contributed by atoms with Crippen molar-refractivity contribution in [3.05, 3.63) is 0 Å². The van der Waals surface area contributed by atoms with Crippen LogP contribution in [-0.4, -0.2) is 37.2 Å². The summed E-state index contributed by atoms with van der Waals surface area (Å²) in [5.74, 6) is -0.0498. The lowest BCUT2D eigenvalue weighted by molar-refractivity contribution is -0.141. The number of nitrogens with one attached hydrogen (secondary N) is 2. The molecule has 0 bridgehead atoms. The molecule has 1 aliphatic heterocycles. The molecule has 0 aliphatic carbocycles. The molecule has 1 heterocycles. The maximum atomic E-state index is 11.8. The fourth-order valence-electron chi connectivity index (χ4n) is 1.44. The van der Waals surface area contributed by atoms with Gasteiger partial charge in [0, 0.05) is 13.7 Å². The van der Waals surface area contributed by atoms with E-state index in [0.717, 1.165) is 19.5 Å². The number of hydrogen-bond donors (Lipinski definition) is 2. The molecule has 14 heavy (non-hydrogen) atoms. The highest BCUT2D eigenvalue weighted by Gasteiger charge is 2.35. The van der Waals surface area contributed by atoms with Crippen molar-refractivity contribution in [1.82, 2.24) is 10.6 Å². The molecule has 4 heteroatoms. The van der Waals surface area contributed by atoms with Gasteiger partial charge in [0.15, 0.2) is 0 Å². The number of rotatable bonds is 3. The molecular formula is C10H20N2O2. The fraction of sp³-hybridized carbons (Fsp3) is 0.900. The highest BCUT2D eigenvalue weighted by molar-refractivity contribution is 5.85. The Hall–Kier alpha value is -0.610. The molecule has 1 unspecified atom stereocenters. The summed E-state index contributed by atoms with van der Waals surface area (Å²) in [6.45, 7) is 7.39. The normalized spacial score (nSPS) is 27.7. The first kappa shape index (κ1) is 11.5. The van der Waals surface area contributed by atoms with Crippen LogP contribution in [0.2, 0.25) is 0 Å². The van der Waals surface area contributed by atoms with Gasteiger partial charge in [-0.1, -0.05) is 0 Å². The van der Waals surface area contributed by atoms with Crippen molar-refractivity contribution in [3.8, 4) is 0 Å². The molecule has 0 spiro atoms. The number of amides is 1. The van der Waals surface area contributed by atoms with Crippen LogP contribution in [0.3, 0.4) is 0 Å². The second kappa shape index (κ2) is 3.87. The average Bonchev–Trinajstić information content (AvgIpc) is 2.52. The van der Waals surface area contributed by atoms with E-state index in [1.165, 1.54) is 0 Å². The van der Waals surface area contributed by atoms with Crippen LogP contribution in [0.15, 0.2) is 0 Å². The van der Waals surface area contributed by atoms with Crippen LogP contribution in [-0.2, 0) is 9.53 Å². The molecule has 82 valence electrons. The quantitative estimate of drug-likeness (QED) is 0.688. The van der Waals surface area contributed by atoms with Crippen molar-refractivity contribution < 1.29 is 9.53 Å². The molecule has 1 amide bonds. The van der Waals surface area contributed by atoms with E-state index in [9.17, 15) is 4.79 Å². The van der Waals surface area contributed by atoms with Crippen LogP contribution in [0, 0.1) is 0 Å². The van der Waals surface area contributed by atoms with Crippen LogP contribution in [0.4, 0.5) is 0 Å². The fourth-order valence-corrected chi connectivity index (χ4v) is 1.44. The zero-order valence-electron chi connectivity index (χ0n) is 9.44. The standard InChI is InChI=1S/C10H20N2O2/c1-9(2,14-4)8(13)12-10(3)5-6-11-7-10/h11H,5-7H2,1-4H3,(H,12,13). The molecule has 2 N–H and O–H groups in total. The summed E-state index contributed by atoms with van der Waals surface area (Å²) in [5.41, 5.74) is -0.863. The minimum atomic E-state index is -0.744. The molecular weight excluding hydrogens is 180 g/mol. The third kappa shape index (κ3) is 2.45. The highest BCUT2D eigenvalue weighted by atomic mass is 16.5. The van der Waals surface area contributed by atoms with E-state index < -0.39 is 5.60 Å². The van der Waals surface area contributed by atoms with Crippen molar-refractivity contribution in [2.24, 2.45) is 0 Å². The van der Waals surface area contributed by atoms with Crippen LogP contribution in [0.5, 0.6) is 0 Å². The Morgan fingerprint density at radius 2 is 2.21 bits per heavy atom. The summed E-state index contributed by atoms with van der Waals surface area (Å²) >= 11 is 0. The molecule has 0 aromatic rings. The Balaban J connectivity index is 2.55. The van der Waals surface area contributed by atoms with E-state index >= 15 is 0 Å². The minimum Gasteiger partial charge on any atom is -0.369 e. The van der Waals surface area contributed by atoms with E-state index in [4.69, 9.17) is 4.74 Å². The Morgan fingerprint density at radius 1 is 1.57 bits per heavy atom. The molecule has 1 atom stereocenters. The summed E-state index contributed by atoms with van der Waals surface area (Å²) < 4.78 is 5.12. The van der Waals surface area contributed by atoms with Gasteiger partial charge in [-0.3, -0.25) is 4.79 Å². The first-order valence-corrected chi connectivity index (χ1v) is 4.98. The molecule has 1 saturated heterocycles. The highest BCUT2D eigenvalue weighted by Crippen LogP contribution is 2.16. The van der Waals surface area contributed by atoms with Crippen molar-refractivity contribution in [1.29, 1.82) is 0 Å². The van der Waals surface area contributed by atoms with Crippen molar-refractivity contribution >= 4 is 5.91 Å². The lowest BCUT2D eigenvalue weighted by Gasteiger charge is -2.30. The van der Waals surface area contributed by atoms with Gasteiger partial charge in [-0.2, -0.15) is 0 Å². The van der Waals surface area contributed by atoms with E-state index in [1.54, 1.807) is 21.0 Å². The summed E-state index contributed by atoms with van der Waals surface area (Å²) in [6, 6.07) is 0. The van der Waals surface area contributed by atoms with Crippen LogP contribution in [0.1, 0.15) is 27.2 Å². The van der Waals surface area contributed by atoms with E-state index in [0.29, 0.717) is 0 Å². The smallest absolute Gasteiger partial charge is 0.252 e. The molecule has 0 saturated carbocycles. The number of carbonyl (C=O) groups is 1. The zero-order valence-corrected chi connectivity index (χ0v) is 9.44. The predicted molar refractivity (Wildman–Crippen MR) is 55.1 cm³/mol. The van der Waals surface area contributed by atoms with Crippen LogP contribution >= 0.6 is 0 Å². The summed E-state index contributed by atoms with van der Waals surface area (Å²) in [6.07, 6.45) is 0.971. The molecule has 0 radical (unpaired) electrons. The van der Waals surface area contributed by atoms with E-state index in [-0.39, 0.29) is 11.4 Å². The van der Waals surface area contributed by atoms with Crippen molar-refractivity contribution in [2.75, 3.05) is 20.2 Å². The Labute approximate surface area is 85.4 Å². The summed E-state index contributed by atoms with van der Waals surface area (Å²) in [5, 5.41) is 6.25. The van der Waals surface area contributed by atoms with Crippen molar-refractivity contribution in [3.63, 3.8) is 0 Å². The zero-order chi connectivity index (χ0) is 10.8. The van der Waals surface area contributed by atoms with Crippen LogP contribution < -0.4 is 10.6 Å². The number of ether oxygens (including phenoxy) is 1. The van der Waals surface area contributed by atoms with Gasteiger partial charge < -0.3 is 15.4 Å². The topological polar surface area (TPSA) is 50.4 Å². The first-order valence-electron chi connectivity index (χ1n) is 4.98. The number of hydrogen-bond acceptors (Lipinski definition) is 3. The second-order valence-electron chi connectivity index (χ2n) is 4.66. The van der Waals surface area contributed by atoms with Gasteiger partial charge >= 0.3 is 0 Å². The van der Waals surface area contributed by atoms with Crippen LogP contribution in [0.25, 0.3) is 0 Å². The van der Waals surface area contributed by atoms with Gasteiger partial charge in [0.2, 0.25) is 0 Å². The van der Waals surface area contributed by atoms with Gasteiger partial charge in [0.1, 0.15) is 5.60 Å². The molecule has 4 nitrogen and oxygen atoms in total. The maximum absolute atomic E-state index is 11.8. The summed E-state index contributed by atoms with van der Waals surface area (Å²) in [7, 11) is 1.55. The Bertz CT molecular complexity index is 220. The average molecular weight is 200 g/mol. The molecule has 1 rings (SSSR count). The van der Waals surface area contributed by atoms with Gasteiger partial charge in [-0.05, 0) is 33.7 Å². The number of methoxy groups -OCH3 is 1. The Kier molecular flexibility index (Phi) is 3.17. The largest absolute Gasteiger partial charge is 0.369 e. The van der Waals surface area contributed by atoms with Gasteiger partial charge in [0.05, 0.1) is 5.54 Å². The lowest BCUT2D eigenvalue weighted by Crippen LogP contribution is -2.54. The number of carbonyl (C=O) groups excluding carboxylic acids is 1. The third-order valence-electron chi connectivity index (χ3n) is 2.84. The van der Waals surface area contributed by atoms with Gasteiger partial charge in [-0.15, -0.1) is 0 Å². The van der Waals surface area contributed by atoms with Gasteiger partial charge in [-0.25, -0.2) is 0 Å². The maximum Gasteiger partial charge on any atom is 0.252 e. The molecule has 1 aliphatic rings. The molecule has 1 fully saturated rings. The molecule has 0 aromatic carbocycles. The third-order valence-corrected chi connectivity index (χ3v) is 2.84. The minimum absolute atomic E-state index is 0.0498. The van der Waals surface area contributed by atoms with Gasteiger partial charge in [0.25, 0.3) is 5.91 Å². The second-order valence-corrected chi connectivity index (χ2v) is 4.66. The van der Waals surface area contributed by atoms with Crippen molar-refractivity contribution in [2.45, 2.75) is 38.3 Å². The first-order chi connectivity index (χ1) is 6.40. The van der Waals surface area contributed by atoms with E-state index in [1.807, 2.05) is 0 Å².